The number of nitrogens with zero attached hydrogens (tertiary/aromatic N) is 1. The predicted octanol–water partition coefficient (Wildman–Crippen LogP) is 3.67. The summed E-state index contributed by atoms with van der Waals surface area (Å²) in [6.07, 6.45) is 3.31. The Morgan fingerprint density at radius 3 is 2.46 bits per heavy atom. The molecule has 5 heteroatoms. The first-order valence-electron chi connectivity index (χ1n) is 9.11. The molecule has 0 unspecified atom stereocenters. The summed E-state index contributed by atoms with van der Waals surface area (Å²) in [6.45, 7) is 3.81. The maximum atomic E-state index is 12.6. The molecule has 1 aliphatic heterocycles. The summed E-state index contributed by atoms with van der Waals surface area (Å²) in [7, 11) is 0. The first-order valence-corrected chi connectivity index (χ1v) is 9.11. The van der Waals surface area contributed by atoms with Gasteiger partial charge in [0.2, 0.25) is 5.91 Å². The summed E-state index contributed by atoms with van der Waals surface area (Å²) in [4.78, 5) is 26.7. The Morgan fingerprint density at radius 2 is 1.69 bits per heavy atom. The molecule has 0 aromatic heterocycles. The Kier molecular flexibility index (Phi) is 5.89. The summed E-state index contributed by atoms with van der Waals surface area (Å²) in [6, 6.07) is 15.0. The van der Waals surface area contributed by atoms with Crippen molar-refractivity contribution >= 4 is 23.2 Å². The van der Waals surface area contributed by atoms with Crippen LogP contribution >= 0.6 is 0 Å². The Balaban J connectivity index is 1.57. The number of hydrogen-bond donors (Lipinski definition) is 2. The van der Waals surface area contributed by atoms with Crippen molar-refractivity contribution in [3.8, 4) is 0 Å². The normalized spacial score (nSPS) is 14.0. The van der Waals surface area contributed by atoms with Gasteiger partial charge in [0.15, 0.2) is 0 Å². The van der Waals surface area contributed by atoms with E-state index in [9.17, 15) is 9.59 Å². The van der Waals surface area contributed by atoms with Gasteiger partial charge in [-0.05, 0) is 62.1 Å². The zero-order valence-electron chi connectivity index (χ0n) is 15.1. The molecule has 2 N–H and O–H groups in total. The van der Waals surface area contributed by atoms with Gasteiger partial charge in [-0.1, -0.05) is 18.2 Å². The third-order valence-corrected chi connectivity index (χ3v) is 4.51. The van der Waals surface area contributed by atoms with Crippen LogP contribution in [0, 0.1) is 6.92 Å². The highest BCUT2D eigenvalue weighted by Gasteiger charge is 2.18. The van der Waals surface area contributed by atoms with Crippen molar-refractivity contribution in [3.05, 3.63) is 59.7 Å². The third kappa shape index (κ3) is 4.85. The molecule has 1 saturated heterocycles. The van der Waals surface area contributed by atoms with Gasteiger partial charge in [0.1, 0.15) is 0 Å². The fraction of sp³-hybridized carbons (Fsp3) is 0.333. The van der Waals surface area contributed by atoms with Crippen molar-refractivity contribution < 1.29 is 9.59 Å². The molecule has 0 saturated carbocycles. The lowest BCUT2D eigenvalue weighted by molar-refractivity contribution is -0.114. The van der Waals surface area contributed by atoms with Gasteiger partial charge in [-0.25, -0.2) is 0 Å². The highest BCUT2D eigenvalue weighted by molar-refractivity contribution is 5.98. The molecular formula is C21H25N3O2. The SMILES string of the molecule is Cc1cccc(NCC(=O)Nc2cccc(C(=O)N3CCCCC3)c2)c1. The number of carbonyl (C=O) groups excluding carboxylic acids is 2. The maximum Gasteiger partial charge on any atom is 0.253 e. The summed E-state index contributed by atoms with van der Waals surface area (Å²) < 4.78 is 0. The highest BCUT2D eigenvalue weighted by atomic mass is 16.2. The van der Waals surface area contributed by atoms with E-state index in [0.29, 0.717) is 11.3 Å². The molecule has 0 radical (unpaired) electrons. The fourth-order valence-corrected chi connectivity index (χ4v) is 3.15. The number of aryl methyl sites for hydroxylation is 1. The maximum absolute atomic E-state index is 12.6. The van der Waals surface area contributed by atoms with Gasteiger partial charge < -0.3 is 15.5 Å². The molecule has 2 amide bonds. The lowest BCUT2D eigenvalue weighted by atomic mass is 10.1. The summed E-state index contributed by atoms with van der Waals surface area (Å²) >= 11 is 0. The van der Waals surface area contributed by atoms with E-state index in [1.54, 1.807) is 24.3 Å². The monoisotopic (exact) mass is 351 g/mol. The molecule has 5 nitrogen and oxygen atoms in total. The van der Waals surface area contributed by atoms with Gasteiger partial charge in [-0.2, -0.15) is 0 Å². The molecule has 0 bridgehead atoms. The molecule has 2 aromatic carbocycles. The van der Waals surface area contributed by atoms with Crippen molar-refractivity contribution in [2.75, 3.05) is 30.3 Å². The number of anilines is 2. The van der Waals surface area contributed by atoms with Crippen LogP contribution in [-0.2, 0) is 4.79 Å². The van der Waals surface area contributed by atoms with E-state index < -0.39 is 0 Å². The minimum atomic E-state index is -0.144. The van der Waals surface area contributed by atoms with Crippen molar-refractivity contribution in [1.29, 1.82) is 0 Å². The van der Waals surface area contributed by atoms with Crippen LogP contribution in [0.2, 0.25) is 0 Å². The van der Waals surface area contributed by atoms with E-state index in [-0.39, 0.29) is 18.4 Å². The summed E-state index contributed by atoms with van der Waals surface area (Å²) in [5.41, 5.74) is 3.31. The second-order valence-corrected chi connectivity index (χ2v) is 6.70. The van der Waals surface area contributed by atoms with Gasteiger partial charge in [-0.15, -0.1) is 0 Å². The number of amides is 2. The number of benzene rings is 2. The second-order valence-electron chi connectivity index (χ2n) is 6.70. The zero-order valence-corrected chi connectivity index (χ0v) is 15.1. The van der Waals surface area contributed by atoms with Crippen molar-refractivity contribution in [2.24, 2.45) is 0 Å². The second kappa shape index (κ2) is 8.52. The van der Waals surface area contributed by atoms with E-state index in [2.05, 4.69) is 10.6 Å². The standard InChI is InChI=1S/C21H25N3O2/c1-16-7-5-9-18(13-16)22-15-20(25)23-19-10-6-8-17(14-19)21(26)24-11-3-2-4-12-24/h5-10,13-14,22H,2-4,11-12,15H2,1H3,(H,23,25). The molecule has 1 heterocycles. The summed E-state index contributed by atoms with van der Waals surface area (Å²) in [5.74, 6) is -0.104. The lowest BCUT2D eigenvalue weighted by Gasteiger charge is -2.26. The van der Waals surface area contributed by atoms with Crippen LogP contribution in [0.4, 0.5) is 11.4 Å². The quantitative estimate of drug-likeness (QED) is 0.864. The highest BCUT2D eigenvalue weighted by Crippen LogP contribution is 2.16. The van der Waals surface area contributed by atoms with Crippen molar-refractivity contribution in [1.82, 2.24) is 4.90 Å². The Labute approximate surface area is 154 Å². The molecule has 2 aromatic rings. The van der Waals surface area contributed by atoms with Crippen LogP contribution < -0.4 is 10.6 Å². The molecular weight excluding hydrogens is 326 g/mol. The van der Waals surface area contributed by atoms with E-state index in [0.717, 1.165) is 37.2 Å². The zero-order chi connectivity index (χ0) is 18.4. The van der Waals surface area contributed by atoms with Crippen LogP contribution in [0.3, 0.4) is 0 Å². The van der Waals surface area contributed by atoms with E-state index >= 15 is 0 Å². The average Bonchev–Trinajstić information content (AvgIpc) is 2.67. The van der Waals surface area contributed by atoms with E-state index in [4.69, 9.17) is 0 Å². The number of hydrogen-bond acceptors (Lipinski definition) is 3. The third-order valence-electron chi connectivity index (χ3n) is 4.51. The van der Waals surface area contributed by atoms with Crippen LogP contribution in [-0.4, -0.2) is 36.3 Å². The molecule has 26 heavy (non-hydrogen) atoms. The predicted molar refractivity (Wildman–Crippen MR) is 104 cm³/mol. The number of likely N-dealkylation sites (tertiary alicyclic amines) is 1. The van der Waals surface area contributed by atoms with Crippen molar-refractivity contribution in [3.63, 3.8) is 0 Å². The fourth-order valence-electron chi connectivity index (χ4n) is 3.15. The molecule has 0 atom stereocenters. The number of piperidine rings is 1. The Hall–Kier alpha value is -2.82. The Bertz CT molecular complexity index is 782. The number of carbonyl (C=O) groups is 2. The first-order chi connectivity index (χ1) is 12.6. The summed E-state index contributed by atoms with van der Waals surface area (Å²) in [5, 5.41) is 5.96. The molecule has 0 spiro atoms. The molecule has 3 rings (SSSR count). The van der Waals surface area contributed by atoms with Crippen LogP contribution in [0.25, 0.3) is 0 Å². The number of nitrogens with one attached hydrogen (secondary N) is 2. The van der Waals surface area contributed by atoms with E-state index in [1.165, 1.54) is 6.42 Å². The minimum absolute atomic E-state index is 0.0404. The molecule has 0 aliphatic carbocycles. The Morgan fingerprint density at radius 1 is 0.962 bits per heavy atom. The van der Waals surface area contributed by atoms with Gasteiger partial charge in [0.05, 0.1) is 6.54 Å². The smallest absolute Gasteiger partial charge is 0.253 e. The molecule has 136 valence electrons. The van der Waals surface area contributed by atoms with Crippen molar-refractivity contribution in [2.45, 2.75) is 26.2 Å². The molecule has 1 aliphatic rings. The van der Waals surface area contributed by atoms with Crippen LogP contribution in [0.1, 0.15) is 35.2 Å². The molecule has 1 fully saturated rings. The first kappa shape index (κ1) is 18.0. The number of rotatable bonds is 5. The van der Waals surface area contributed by atoms with Gasteiger partial charge in [0.25, 0.3) is 5.91 Å². The van der Waals surface area contributed by atoms with Crippen LogP contribution in [0.5, 0.6) is 0 Å². The average molecular weight is 351 g/mol. The van der Waals surface area contributed by atoms with Gasteiger partial charge in [0, 0.05) is 30.0 Å². The van der Waals surface area contributed by atoms with E-state index in [1.807, 2.05) is 36.1 Å². The van der Waals surface area contributed by atoms with Gasteiger partial charge in [-0.3, -0.25) is 9.59 Å². The largest absolute Gasteiger partial charge is 0.376 e. The topological polar surface area (TPSA) is 61.4 Å². The lowest BCUT2D eigenvalue weighted by Crippen LogP contribution is -2.35. The van der Waals surface area contributed by atoms with Gasteiger partial charge >= 0.3 is 0 Å². The minimum Gasteiger partial charge on any atom is -0.376 e. The van der Waals surface area contributed by atoms with Crippen LogP contribution in [0.15, 0.2) is 48.5 Å².